The summed E-state index contributed by atoms with van der Waals surface area (Å²) in [6, 6.07) is 12.1. The maximum Gasteiger partial charge on any atom is 0.431 e. The zero-order valence-electron chi connectivity index (χ0n) is 16.1. The summed E-state index contributed by atoms with van der Waals surface area (Å²) in [4.78, 5) is 13.0. The summed E-state index contributed by atoms with van der Waals surface area (Å²) in [5.41, 5.74) is -2.48. The van der Waals surface area contributed by atoms with Gasteiger partial charge >= 0.3 is 6.18 Å². The summed E-state index contributed by atoms with van der Waals surface area (Å²) in [6.07, 6.45) is -5.64. The van der Waals surface area contributed by atoms with E-state index in [1.807, 2.05) is 20.8 Å². The topological polar surface area (TPSA) is 52.9 Å². The summed E-state index contributed by atoms with van der Waals surface area (Å²) in [5.74, 6) is -0.831. The molecule has 1 atom stereocenters. The highest BCUT2D eigenvalue weighted by Crippen LogP contribution is 2.40. The van der Waals surface area contributed by atoms with E-state index < -0.39 is 29.9 Å². The average Bonchev–Trinajstić information content (AvgIpc) is 3.00. The van der Waals surface area contributed by atoms with Crippen LogP contribution in [-0.2, 0) is 11.1 Å². The highest BCUT2D eigenvalue weighted by molar-refractivity contribution is 6.30. The van der Waals surface area contributed by atoms with Crippen molar-refractivity contribution >= 4 is 23.2 Å². The van der Waals surface area contributed by atoms with Crippen LogP contribution in [0.1, 0.15) is 48.7 Å². The lowest BCUT2D eigenvalue weighted by atomic mass is 9.86. The molecule has 0 saturated heterocycles. The second-order valence-corrected chi connectivity index (χ2v) is 8.43. The first-order valence-corrected chi connectivity index (χ1v) is 9.28. The van der Waals surface area contributed by atoms with Gasteiger partial charge in [0, 0.05) is 16.1 Å². The maximum absolute atomic E-state index is 13.3. The first-order chi connectivity index (χ1) is 13.3. The number of hydrogen-bond donors (Lipinski definition) is 1. The van der Waals surface area contributed by atoms with Crippen LogP contribution in [0.4, 0.5) is 13.2 Å². The number of hydrazone groups is 1. The molecule has 1 unspecified atom stereocenters. The number of carbonyl (C=O) groups is 1. The molecule has 0 bridgehead atoms. The van der Waals surface area contributed by atoms with Crippen molar-refractivity contribution in [1.29, 1.82) is 0 Å². The molecule has 29 heavy (non-hydrogen) atoms. The minimum atomic E-state index is -4.77. The van der Waals surface area contributed by atoms with Gasteiger partial charge in [0.2, 0.25) is 0 Å². The van der Waals surface area contributed by atoms with Crippen molar-refractivity contribution in [3.63, 3.8) is 0 Å². The summed E-state index contributed by atoms with van der Waals surface area (Å²) in [7, 11) is 0. The predicted molar refractivity (Wildman–Crippen MR) is 105 cm³/mol. The Kier molecular flexibility index (Phi) is 5.26. The maximum atomic E-state index is 13.3. The van der Waals surface area contributed by atoms with Crippen molar-refractivity contribution in [3.05, 3.63) is 70.2 Å². The zero-order valence-corrected chi connectivity index (χ0v) is 16.8. The second-order valence-electron chi connectivity index (χ2n) is 7.99. The van der Waals surface area contributed by atoms with Gasteiger partial charge < -0.3 is 5.11 Å². The van der Waals surface area contributed by atoms with Gasteiger partial charge in [0.15, 0.2) is 5.72 Å². The number of nitrogens with zero attached hydrogens (tertiary/aromatic N) is 2. The van der Waals surface area contributed by atoms with Crippen LogP contribution >= 0.6 is 11.6 Å². The molecule has 1 aliphatic rings. The molecule has 8 heteroatoms. The quantitative estimate of drug-likeness (QED) is 0.716. The van der Waals surface area contributed by atoms with Crippen LogP contribution in [0.5, 0.6) is 0 Å². The van der Waals surface area contributed by atoms with Crippen molar-refractivity contribution < 1.29 is 23.1 Å². The van der Waals surface area contributed by atoms with E-state index in [2.05, 4.69) is 5.10 Å². The summed E-state index contributed by atoms with van der Waals surface area (Å²) in [5, 5.41) is 15.4. The third kappa shape index (κ3) is 4.16. The molecule has 3 rings (SSSR count). The van der Waals surface area contributed by atoms with Gasteiger partial charge in [-0.2, -0.15) is 23.3 Å². The number of halogens is 4. The van der Waals surface area contributed by atoms with Crippen LogP contribution in [0, 0.1) is 0 Å². The summed E-state index contributed by atoms with van der Waals surface area (Å²) < 4.78 is 39.9. The fraction of sp³-hybridized carbons (Fsp3) is 0.333. The highest BCUT2D eigenvalue weighted by atomic mass is 35.5. The van der Waals surface area contributed by atoms with Gasteiger partial charge in [0.05, 0.1) is 6.42 Å². The fourth-order valence-electron chi connectivity index (χ4n) is 3.09. The standard InChI is InChI=1S/C21H20ClF3N2O2/c1-19(2,3)14-6-4-13(5-7-14)18(28)27-20(29,12-17(26-27)21(23,24)25)15-8-10-16(22)11-9-15/h4-11,29H,12H2,1-3H3. The van der Waals surface area contributed by atoms with Crippen LogP contribution in [0.15, 0.2) is 53.6 Å². The molecule has 154 valence electrons. The molecule has 0 radical (unpaired) electrons. The number of carbonyl (C=O) groups excluding carboxylic acids is 1. The van der Waals surface area contributed by atoms with Gasteiger partial charge in [-0.1, -0.05) is 56.6 Å². The Morgan fingerprint density at radius 1 is 1.07 bits per heavy atom. The molecule has 1 amide bonds. The number of aliphatic hydroxyl groups is 1. The molecule has 0 saturated carbocycles. The Morgan fingerprint density at radius 3 is 2.10 bits per heavy atom. The van der Waals surface area contributed by atoms with Crippen LogP contribution in [0.2, 0.25) is 5.02 Å². The number of hydrogen-bond acceptors (Lipinski definition) is 3. The normalized spacial score (nSPS) is 20.0. The Balaban J connectivity index is 2.03. The molecule has 4 nitrogen and oxygen atoms in total. The number of benzene rings is 2. The fourth-order valence-corrected chi connectivity index (χ4v) is 3.22. The zero-order chi connectivity index (χ0) is 21.6. The third-order valence-electron chi connectivity index (χ3n) is 4.81. The van der Waals surface area contributed by atoms with Crippen LogP contribution in [0.3, 0.4) is 0 Å². The van der Waals surface area contributed by atoms with Crippen molar-refractivity contribution in [2.75, 3.05) is 0 Å². The van der Waals surface area contributed by atoms with Gasteiger partial charge in [0.1, 0.15) is 5.71 Å². The van der Waals surface area contributed by atoms with E-state index >= 15 is 0 Å². The van der Waals surface area contributed by atoms with Crippen molar-refractivity contribution in [2.45, 2.75) is 44.5 Å². The van der Waals surface area contributed by atoms with Crippen LogP contribution < -0.4 is 0 Å². The Labute approximate surface area is 171 Å². The van der Waals surface area contributed by atoms with Gasteiger partial charge in [-0.25, -0.2) is 0 Å². The summed E-state index contributed by atoms with van der Waals surface area (Å²) in [6.45, 7) is 6.01. The molecule has 0 fully saturated rings. The van der Waals surface area contributed by atoms with E-state index in [1.165, 1.54) is 36.4 Å². The monoisotopic (exact) mass is 424 g/mol. The third-order valence-corrected chi connectivity index (χ3v) is 5.06. The Hall–Kier alpha value is -2.38. The lowest BCUT2D eigenvalue weighted by Gasteiger charge is -2.31. The SMILES string of the molecule is CC(C)(C)c1ccc(C(=O)N2N=C(C(F)(F)F)CC2(O)c2ccc(Cl)cc2)cc1. The van der Waals surface area contributed by atoms with E-state index in [9.17, 15) is 23.1 Å². The predicted octanol–water partition coefficient (Wildman–Crippen LogP) is 5.25. The minimum absolute atomic E-state index is 0.0876. The lowest BCUT2D eigenvalue weighted by Crippen LogP contribution is -2.43. The minimum Gasteiger partial charge on any atom is -0.365 e. The summed E-state index contributed by atoms with van der Waals surface area (Å²) >= 11 is 5.84. The average molecular weight is 425 g/mol. The molecule has 0 aliphatic carbocycles. The van der Waals surface area contributed by atoms with Gasteiger partial charge in [-0.05, 0) is 35.2 Å². The van der Waals surface area contributed by atoms with Crippen LogP contribution in [-0.4, -0.2) is 27.9 Å². The molecule has 0 aromatic heterocycles. The molecule has 2 aromatic carbocycles. The molecular formula is C21H20ClF3N2O2. The van der Waals surface area contributed by atoms with Crippen LogP contribution in [0.25, 0.3) is 0 Å². The molecule has 1 aliphatic heterocycles. The van der Waals surface area contributed by atoms with E-state index in [-0.39, 0.29) is 16.5 Å². The van der Waals surface area contributed by atoms with E-state index in [0.29, 0.717) is 10.0 Å². The molecule has 0 spiro atoms. The Morgan fingerprint density at radius 2 is 1.62 bits per heavy atom. The van der Waals surface area contributed by atoms with E-state index in [1.54, 1.807) is 12.1 Å². The van der Waals surface area contributed by atoms with Crippen molar-refractivity contribution in [3.8, 4) is 0 Å². The number of alkyl halides is 3. The largest absolute Gasteiger partial charge is 0.431 e. The first-order valence-electron chi connectivity index (χ1n) is 8.90. The lowest BCUT2D eigenvalue weighted by molar-refractivity contribution is -0.0816. The van der Waals surface area contributed by atoms with Gasteiger partial charge in [-0.15, -0.1) is 0 Å². The van der Waals surface area contributed by atoms with E-state index in [0.717, 1.165) is 5.56 Å². The highest BCUT2D eigenvalue weighted by Gasteiger charge is 2.53. The van der Waals surface area contributed by atoms with Crippen molar-refractivity contribution in [1.82, 2.24) is 5.01 Å². The Bertz CT molecular complexity index is 948. The molecule has 1 heterocycles. The molecular weight excluding hydrogens is 405 g/mol. The molecule has 2 aromatic rings. The van der Waals surface area contributed by atoms with Crippen molar-refractivity contribution in [2.24, 2.45) is 5.10 Å². The smallest absolute Gasteiger partial charge is 0.365 e. The first kappa shape index (κ1) is 21.3. The van der Waals surface area contributed by atoms with Gasteiger partial charge in [0.25, 0.3) is 5.91 Å². The number of amides is 1. The second kappa shape index (κ2) is 7.15. The number of rotatable bonds is 2. The molecule has 1 N–H and O–H groups in total. The van der Waals surface area contributed by atoms with E-state index in [4.69, 9.17) is 11.6 Å². The van der Waals surface area contributed by atoms with Gasteiger partial charge in [-0.3, -0.25) is 4.79 Å².